The van der Waals surface area contributed by atoms with Gasteiger partial charge in [0.2, 0.25) is 0 Å². The predicted octanol–water partition coefficient (Wildman–Crippen LogP) is 2.08. The molecule has 0 aromatic carbocycles. The lowest BCUT2D eigenvalue weighted by Crippen LogP contribution is -2.37. The number of thiophene rings is 1. The van der Waals surface area contributed by atoms with Crippen LogP contribution in [0.2, 0.25) is 0 Å². The van der Waals surface area contributed by atoms with Gasteiger partial charge in [0.25, 0.3) is 0 Å². The summed E-state index contributed by atoms with van der Waals surface area (Å²) in [6.45, 7) is 4.22. The Balaban J connectivity index is 2.41. The summed E-state index contributed by atoms with van der Waals surface area (Å²) in [6.07, 6.45) is 1.53. The van der Waals surface area contributed by atoms with E-state index in [1.54, 1.807) is 11.3 Å². The van der Waals surface area contributed by atoms with Crippen LogP contribution >= 0.6 is 11.3 Å². The number of carbonyl (C=O) groups excluding carboxylic acids is 1. The van der Waals surface area contributed by atoms with Gasteiger partial charge in [-0.2, -0.15) is 0 Å². The normalized spacial score (nSPS) is 10.9. The van der Waals surface area contributed by atoms with Crippen LogP contribution in [0, 0.1) is 0 Å². The highest BCUT2D eigenvalue weighted by atomic mass is 32.1. The minimum absolute atomic E-state index is 0.155. The largest absolute Gasteiger partial charge is 0.468 e. The Hall–Kier alpha value is -1.69. The van der Waals surface area contributed by atoms with E-state index in [-0.39, 0.29) is 18.6 Å². The van der Waals surface area contributed by atoms with Gasteiger partial charge in [-0.25, -0.2) is 9.97 Å². The molecule has 18 heavy (non-hydrogen) atoms. The van der Waals surface area contributed by atoms with E-state index in [9.17, 15) is 4.79 Å². The number of methoxy groups -OCH3 is 1. The number of esters is 1. The van der Waals surface area contributed by atoms with Crippen molar-refractivity contribution in [2.75, 3.05) is 18.6 Å². The summed E-state index contributed by atoms with van der Waals surface area (Å²) >= 11 is 1.56. The third-order valence-electron chi connectivity index (χ3n) is 2.66. The summed E-state index contributed by atoms with van der Waals surface area (Å²) < 4.78 is 4.72. The van der Waals surface area contributed by atoms with Gasteiger partial charge in [0.05, 0.1) is 12.5 Å². The van der Waals surface area contributed by atoms with Gasteiger partial charge in [0, 0.05) is 6.04 Å². The summed E-state index contributed by atoms with van der Waals surface area (Å²) in [4.78, 5) is 22.8. The van der Waals surface area contributed by atoms with E-state index in [2.05, 4.69) is 9.97 Å². The molecule has 0 saturated carbocycles. The minimum atomic E-state index is -0.273. The van der Waals surface area contributed by atoms with Gasteiger partial charge in [-0.3, -0.25) is 4.79 Å². The van der Waals surface area contributed by atoms with Crippen LogP contribution in [0.3, 0.4) is 0 Å². The first-order valence-electron chi connectivity index (χ1n) is 5.65. The Labute approximate surface area is 109 Å². The first-order valence-corrected chi connectivity index (χ1v) is 6.53. The van der Waals surface area contributed by atoms with Crippen molar-refractivity contribution in [3.8, 4) is 0 Å². The molecule has 2 heterocycles. The first-order chi connectivity index (χ1) is 8.63. The third kappa shape index (κ3) is 2.43. The SMILES string of the molecule is COC(=O)CN(c1ncnc2sccc12)C(C)C. The molecule has 0 amide bonds. The second-order valence-corrected chi connectivity index (χ2v) is 5.03. The Morgan fingerprint density at radius 3 is 2.94 bits per heavy atom. The van der Waals surface area contributed by atoms with Crippen LogP contribution < -0.4 is 4.90 Å². The van der Waals surface area contributed by atoms with Crippen LogP contribution in [0.15, 0.2) is 17.8 Å². The molecule has 0 saturated heterocycles. The molecule has 0 unspecified atom stereocenters. The van der Waals surface area contributed by atoms with Crippen LogP contribution in [0.1, 0.15) is 13.8 Å². The van der Waals surface area contributed by atoms with Crippen molar-refractivity contribution < 1.29 is 9.53 Å². The number of ether oxygens (including phenoxy) is 1. The van der Waals surface area contributed by atoms with E-state index in [1.165, 1.54) is 13.4 Å². The predicted molar refractivity (Wildman–Crippen MR) is 71.9 cm³/mol. The maximum Gasteiger partial charge on any atom is 0.325 e. The molecule has 0 N–H and O–H groups in total. The molecule has 0 aliphatic rings. The molecule has 2 aromatic rings. The topological polar surface area (TPSA) is 55.3 Å². The highest BCUT2D eigenvalue weighted by Gasteiger charge is 2.19. The summed E-state index contributed by atoms with van der Waals surface area (Å²) in [5, 5.41) is 2.94. The fourth-order valence-corrected chi connectivity index (χ4v) is 2.44. The number of anilines is 1. The number of nitrogens with zero attached hydrogens (tertiary/aromatic N) is 3. The molecule has 0 aliphatic carbocycles. The smallest absolute Gasteiger partial charge is 0.325 e. The number of fused-ring (bicyclic) bond motifs is 1. The first kappa shape index (κ1) is 12.8. The molecule has 0 bridgehead atoms. The Bertz CT molecular complexity index is 553. The zero-order valence-corrected chi connectivity index (χ0v) is 11.4. The number of aromatic nitrogens is 2. The van der Waals surface area contributed by atoms with Gasteiger partial charge in [-0.1, -0.05) is 0 Å². The summed E-state index contributed by atoms with van der Waals surface area (Å²) in [7, 11) is 1.39. The zero-order valence-electron chi connectivity index (χ0n) is 10.6. The maximum absolute atomic E-state index is 11.5. The van der Waals surface area contributed by atoms with Crippen molar-refractivity contribution >= 4 is 33.3 Å². The summed E-state index contributed by atoms with van der Waals surface area (Å²) in [5.41, 5.74) is 0. The van der Waals surface area contributed by atoms with E-state index in [1.807, 2.05) is 30.2 Å². The van der Waals surface area contributed by atoms with Crippen molar-refractivity contribution in [3.63, 3.8) is 0 Å². The van der Waals surface area contributed by atoms with Crippen molar-refractivity contribution in [1.82, 2.24) is 9.97 Å². The maximum atomic E-state index is 11.5. The van der Waals surface area contributed by atoms with E-state index in [0.717, 1.165) is 16.0 Å². The minimum Gasteiger partial charge on any atom is -0.468 e. The number of hydrogen-bond donors (Lipinski definition) is 0. The molecule has 96 valence electrons. The van der Waals surface area contributed by atoms with E-state index < -0.39 is 0 Å². The number of carbonyl (C=O) groups is 1. The zero-order chi connectivity index (χ0) is 13.1. The molecule has 2 rings (SSSR count). The summed E-state index contributed by atoms with van der Waals surface area (Å²) in [5.74, 6) is 0.507. The van der Waals surface area contributed by atoms with E-state index >= 15 is 0 Å². The van der Waals surface area contributed by atoms with Gasteiger partial charge in [-0.05, 0) is 25.3 Å². The molecule has 0 fully saturated rings. The number of rotatable bonds is 4. The van der Waals surface area contributed by atoms with Crippen LogP contribution in [0.4, 0.5) is 5.82 Å². The second-order valence-electron chi connectivity index (χ2n) is 4.13. The third-order valence-corrected chi connectivity index (χ3v) is 3.48. The van der Waals surface area contributed by atoms with Gasteiger partial charge in [0.1, 0.15) is 23.5 Å². The van der Waals surface area contributed by atoms with Gasteiger partial charge in [0.15, 0.2) is 0 Å². The highest BCUT2D eigenvalue weighted by molar-refractivity contribution is 7.16. The van der Waals surface area contributed by atoms with Gasteiger partial charge < -0.3 is 9.64 Å². The Morgan fingerprint density at radius 1 is 1.50 bits per heavy atom. The molecule has 6 heteroatoms. The van der Waals surface area contributed by atoms with Crippen LogP contribution in [0.25, 0.3) is 10.2 Å². The second kappa shape index (κ2) is 5.30. The lowest BCUT2D eigenvalue weighted by atomic mass is 10.2. The fourth-order valence-electron chi connectivity index (χ4n) is 1.71. The Morgan fingerprint density at radius 2 is 2.28 bits per heavy atom. The molecule has 0 aliphatic heterocycles. The lowest BCUT2D eigenvalue weighted by Gasteiger charge is -2.26. The van der Waals surface area contributed by atoms with Crippen molar-refractivity contribution in [1.29, 1.82) is 0 Å². The fraction of sp³-hybridized carbons (Fsp3) is 0.417. The van der Waals surface area contributed by atoms with Crippen LogP contribution in [-0.4, -0.2) is 35.6 Å². The molecule has 0 atom stereocenters. The molecular weight excluding hydrogens is 250 g/mol. The standard InChI is InChI=1S/C12H15N3O2S/c1-8(2)15(6-10(16)17-3)11-9-4-5-18-12(9)14-7-13-11/h4-5,7-8H,6H2,1-3H3. The van der Waals surface area contributed by atoms with Gasteiger partial charge >= 0.3 is 5.97 Å². The number of hydrogen-bond acceptors (Lipinski definition) is 6. The van der Waals surface area contributed by atoms with Crippen LogP contribution in [0.5, 0.6) is 0 Å². The molecule has 2 aromatic heterocycles. The quantitative estimate of drug-likeness (QED) is 0.792. The average Bonchev–Trinajstić information content (AvgIpc) is 2.83. The molecule has 0 spiro atoms. The highest BCUT2D eigenvalue weighted by Crippen LogP contribution is 2.27. The monoisotopic (exact) mass is 265 g/mol. The average molecular weight is 265 g/mol. The van der Waals surface area contributed by atoms with E-state index in [0.29, 0.717) is 0 Å². The molecule has 5 nitrogen and oxygen atoms in total. The molecule has 0 radical (unpaired) electrons. The van der Waals surface area contributed by atoms with Gasteiger partial charge in [-0.15, -0.1) is 11.3 Å². The molecular formula is C12H15N3O2S. The van der Waals surface area contributed by atoms with Crippen molar-refractivity contribution in [2.45, 2.75) is 19.9 Å². The Kier molecular flexibility index (Phi) is 3.76. The van der Waals surface area contributed by atoms with Crippen LogP contribution in [-0.2, 0) is 9.53 Å². The van der Waals surface area contributed by atoms with E-state index in [4.69, 9.17) is 4.74 Å². The van der Waals surface area contributed by atoms with Crippen molar-refractivity contribution in [3.05, 3.63) is 17.8 Å². The lowest BCUT2D eigenvalue weighted by molar-refractivity contribution is -0.139. The summed E-state index contributed by atoms with van der Waals surface area (Å²) in [6, 6.07) is 2.13. The van der Waals surface area contributed by atoms with Crippen molar-refractivity contribution in [2.24, 2.45) is 0 Å².